The molecule has 0 aliphatic rings. The molecule has 3 aromatic rings. The minimum Gasteiger partial charge on any atom is -0.347 e. The van der Waals surface area contributed by atoms with Crippen LogP contribution in [0.4, 0.5) is 0 Å². The van der Waals surface area contributed by atoms with E-state index in [4.69, 9.17) is 0 Å². The number of rotatable bonds is 4. The van der Waals surface area contributed by atoms with Gasteiger partial charge in [-0.3, -0.25) is 14.8 Å². The maximum absolute atomic E-state index is 12.3. The Kier molecular flexibility index (Phi) is 4.43. The highest BCUT2D eigenvalue weighted by Gasteiger charge is 2.14. The summed E-state index contributed by atoms with van der Waals surface area (Å²) in [5.74, 6) is -0.0994. The molecule has 3 rings (SSSR count). The third-order valence-corrected chi connectivity index (χ3v) is 4.47. The Morgan fingerprint density at radius 1 is 1.17 bits per heavy atom. The fourth-order valence-corrected chi connectivity index (χ4v) is 3.18. The van der Waals surface area contributed by atoms with Crippen molar-refractivity contribution in [2.24, 2.45) is 0 Å². The number of thiazole rings is 1. The van der Waals surface area contributed by atoms with E-state index in [2.05, 4.69) is 20.3 Å². The molecule has 0 aromatic carbocycles. The van der Waals surface area contributed by atoms with Gasteiger partial charge in [-0.05, 0) is 37.6 Å². The molecule has 0 saturated heterocycles. The first-order valence-corrected chi connectivity index (χ1v) is 8.03. The van der Waals surface area contributed by atoms with Gasteiger partial charge in [0.1, 0.15) is 4.88 Å². The Hall–Kier alpha value is -2.60. The van der Waals surface area contributed by atoms with Gasteiger partial charge < -0.3 is 5.32 Å². The largest absolute Gasteiger partial charge is 0.347 e. The van der Waals surface area contributed by atoms with Crippen LogP contribution in [0.15, 0.2) is 42.9 Å². The van der Waals surface area contributed by atoms with E-state index >= 15 is 0 Å². The fourth-order valence-electron chi connectivity index (χ4n) is 2.35. The topological polar surface area (TPSA) is 67.8 Å². The monoisotopic (exact) mass is 324 g/mol. The first-order chi connectivity index (χ1) is 11.1. The number of aromatic nitrogens is 3. The maximum atomic E-state index is 12.3. The molecule has 0 atom stereocenters. The highest BCUT2D eigenvalue weighted by molar-refractivity contribution is 7.13. The minimum atomic E-state index is -0.0994. The second-order valence-corrected chi connectivity index (χ2v) is 6.28. The van der Waals surface area contributed by atoms with Gasteiger partial charge in [0.15, 0.2) is 0 Å². The molecule has 3 heterocycles. The van der Waals surface area contributed by atoms with Gasteiger partial charge in [-0.1, -0.05) is 6.07 Å². The standard InChI is InChI=1S/C17H16N4OS/c1-11-16(23-12(2)21-11)17(22)20-10-14-4-3-7-19-15(14)13-5-8-18-9-6-13/h3-9H,10H2,1-2H3,(H,20,22). The summed E-state index contributed by atoms with van der Waals surface area (Å²) >= 11 is 1.41. The van der Waals surface area contributed by atoms with Crippen molar-refractivity contribution in [1.82, 2.24) is 20.3 Å². The van der Waals surface area contributed by atoms with Crippen LogP contribution in [0.25, 0.3) is 11.3 Å². The zero-order valence-corrected chi connectivity index (χ0v) is 13.7. The van der Waals surface area contributed by atoms with Crippen LogP contribution in [-0.4, -0.2) is 20.9 Å². The Balaban J connectivity index is 1.79. The molecule has 3 aromatic heterocycles. The molecule has 1 amide bonds. The Labute approximate surface area is 138 Å². The molecule has 0 fully saturated rings. The molecule has 23 heavy (non-hydrogen) atoms. The van der Waals surface area contributed by atoms with Crippen molar-refractivity contribution in [3.63, 3.8) is 0 Å². The van der Waals surface area contributed by atoms with Crippen LogP contribution in [0, 0.1) is 13.8 Å². The SMILES string of the molecule is Cc1nc(C)c(C(=O)NCc2cccnc2-c2ccncc2)s1. The lowest BCUT2D eigenvalue weighted by Crippen LogP contribution is -2.23. The van der Waals surface area contributed by atoms with Gasteiger partial charge in [0, 0.05) is 30.7 Å². The van der Waals surface area contributed by atoms with E-state index in [1.54, 1.807) is 18.6 Å². The van der Waals surface area contributed by atoms with Crippen LogP contribution in [0.2, 0.25) is 0 Å². The van der Waals surface area contributed by atoms with Gasteiger partial charge >= 0.3 is 0 Å². The van der Waals surface area contributed by atoms with Gasteiger partial charge in [0.05, 0.1) is 16.4 Å². The summed E-state index contributed by atoms with van der Waals surface area (Å²) in [6, 6.07) is 7.65. The summed E-state index contributed by atoms with van der Waals surface area (Å²) in [5.41, 5.74) is 3.57. The van der Waals surface area contributed by atoms with E-state index in [1.807, 2.05) is 38.1 Å². The van der Waals surface area contributed by atoms with Crippen LogP contribution in [0.5, 0.6) is 0 Å². The van der Waals surface area contributed by atoms with E-state index in [9.17, 15) is 4.79 Å². The summed E-state index contributed by atoms with van der Waals surface area (Å²) in [6.07, 6.45) is 5.21. The van der Waals surface area contributed by atoms with Gasteiger partial charge in [-0.25, -0.2) is 4.98 Å². The molecule has 0 radical (unpaired) electrons. The number of hydrogen-bond donors (Lipinski definition) is 1. The number of nitrogens with one attached hydrogen (secondary N) is 1. The first kappa shape index (κ1) is 15.3. The molecule has 0 bridgehead atoms. The lowest BCUT2D eigenvalue weighted by molar-refractivity contribution is 0.0954. The third kappa shape index (κ3) is 3.43. The van der Waals surface area contributed by atoms with Gasteiger partial charge in [-0.2, -0.15) is 0 Å². The van der Waals surface area contributed by atoms with E-state index in [1.165, 1.54) is 11.3 Å². The predicted molar refractivity (Wildman–Crippen MR) is 90.2 cm³/mol. The van der Waals surface area contributed by atoms with Crippen LogP contribution in [-0.2, 0) is 6.54 Å². The van der Waals surface area contributed by atoms with Crippen LogP contribution >= 0.6 is 11.3 Å². The molecule has 1 N–H and O–H groups in total. The van der Waals surface area contributed by atoms with Gasteiger partial charge in [0.25, 0.3) is 5.91 Å². The number of amides is 1. The summed E-state index contributed by atoms with van der Waals surface area (Å²) in [7, 11) is 0. The zero-order chi connectivity index (χ0) is 16.2. The van der Waals surface area contributed by atoms with Crippen LogP contribution in [0.1, 0.15) is 25.9 Å². The van der Waals surface area contributed by atoms with E-state index in [0.717, 1.165) is 27.5 Å². The summed E-state index contributed by atoms with van der Waals surface area (Å²) < 4.78 is 0. The van der Waals surface area contributed by atoms with E-state index in [0.29, 0.717) is 11.4 Å². The van der Waals surface area contributed by atoms with Crippen molar-refractivity contribution in [2.45, 2.75) is 20.4 Å². The van der Waals surface area contributed by atoms with Gasteiger partial charge in [0.2, 0.25) is 0 Å². The molecule has 0 unspecified atom stereocenters. The molecule has 0 aliphatic heterocycles. The maximum Gasteiger partial charge on any atom is 0.263 e. The van der Waals surface area contributed by atoms with E-state index in [-0.39, 0.29) is 5.91 Å². The summed E-state index contributed by atoms with van der Waals surface area (Å²) in [4.78, 5) is 25.7. The highest BCUT2D eigenvalue weighted by Crippen LogP contribution is 2.21. The van der Waals surface area contributed by atoms with Crippen LogP contribution < -0.4 is 5.32 Å². The molecular weight excluding hydrogens is 308 g/mol. The molecule has 6 heteroatoms. The van der Waals surface area contributed by atoms with Gasteiger partial charge in [-0.15, -0.1) is 11.3 Å². The second kappa shape index (κ2) is 6.66. The summed E-state index contributed by atoms with van der Waals surface area (Å²) in [5, 5.41) is 3.85. The normalized spacial score (nSPS) is 10.5. The average molecular weight is 324 g/mol. The summed E-state index contributed by atoms with van der Waals surface area (Å²) in [6.45, 7) is 4.17. The van der Waals surface area contributed by atoms with Crippen molar-refractivity contribution in [1.29, 1.82) is 0 Å². The average Bonchev–Trinajstić information content (AvgIpc) is 2.92. The zero-order valence-electron chi connectivity index (χ0n) is 12.9. The lowest BCUT2D eigenvalue weighted by Gasteiger charge is -2.09. The first-order valence-electron chi connectivity index (χ1n) is 7.21. The Morgan fingerprint density at radius 2 is 1.96 bits per heavy atom. The smallest absolute Gasteiger partial charge is 0.263 e. The number of carbonyl (C=O) groups excluding carboxylic acids is 1. The molecule has 0 aliphatic carbocycles. The predicted octanol–water partition coefficient (Wildman–Crippen LogP) is 3.15. The number of aryl methyl sites for hydroxylation is 2. The molecule has 5 nitrogen and oxygen atoms in total. The molecule has 116 valence electrons. The van der Waals surface area contributed by atoms with Crippen LogP contribution in [0.3, 0.4) is 0 Å². The van der Waals surface area contributed by atoms with Crippen molar-refractivity contribution >= 4 is 17.2 Å². The number of nitrogens with zero attached hydrogens (tertiary/aromatic N) is 3. The Bertz CT molecular complexity index is 830. The number of hydrogen-bond acceptors (Lipinski definition) is 5. The van der Waals surface area contributed by atoms with Crippen molar-refractivity contribution in [2.75, 3.05) is 0 Å². The Morgan fingerprint density at radius 3 is 2.65 bits per heavy atom. The highest BCUT2D eigenvalue weighted by atomic mass is 32.1. The quantitative estimate of drug-likeness (QED) is 0.800. The second-order valence-electron chi connectivity index (χ2n) is 5.08. The minimum absolute atomic E-state index is 0.0994. The van der Waals surface area contributed by atoms with Crippen molar-refractivity contribution in [3.05, 3.63) is 64.0 Å². The van der Waals surface area contributed by atoms with E-state index < -0.39 is 0 Å². The number of carbonyl (C=O) groups is 1. The molecule has 0 spiro atoms. The number of pyridine rings is 2. The van der Waals surface area contributed by atoms with Crippen molar-refractivity contribution < 1.29 is 4.79 Å². The molecular formula is C17H16N4OS. The van der Waals surface area contributed by atoms with Crippen molar-refractivity contribution in [3.8, 4) is 11.3 Å². The third-order valence-electron chi connectivity index (χ3n) is 3.39. The molecule has 0 saturated carbocycles. The fraction of sp³-hybridized carbons (Fsp3) is 0.176. The lowest BCUT2D eigenvalue weighted by atomic mass is 10.1.